The molecular formula is C18H23N4O7S. The van der Waals surface area contributed by atoms with Crippen LogP contribution in [0.4, 0.5) is 5.69 Å². The van der Waals surface area contributed by atoms with Gasteiger partial charge in [-0.3, -0.25) is 19.4 Å². The molecule has 0 atom stereocenters. The minimum Gasteiger partial charge on any atom is -0.362 e. The Hall–Kier alpha value is -2.54. The van der Waals surface area contributed by atoms with E-state index in [0.29, 0.717) is 17.1 Å². The fraction of sp³-hybridized carbons (Fsp3) is 0.500. The van der Waals surface area contributed by atoms with Crippen LogP contribution in [-0.4, -0.2) is 99.7 Å². The molecule has 12 heteroatoms. The third kappa shape index (κ3) is 5.33. The standard InChI is InChI=1S/C18H23N4O7S/c1-20-4-6-21(7-5-20)8-9-30(27,28)29-12-19-13-2-3-14-15(10-13)18(26)22(17(14)25)11-16(23)24/h2-3,10,19H,4-9,11-12H2,1H3. The van der Waals surface area contributed by atoms with Crippen molar-refractivity contribution in [3.8, 4) is 0 Å². The van der Waals surface area contributed by atoms with Gasteiger partial charge in [0.15, 0.2) is 0 Å². The van der Waals surface area contributed by atoms with Crippen LogP contribution in [0.5, 0.6) is 0 Å². The highest BCUT2D eigenvalue weighted by molar-refractivity contribution is 7.86. The minimum atomic E-state index is -3.74. The summed E-state index contributed by atoms with van der Waals surface area (Å²) in [6, 6.07) is 4.20. The van der Waals surface area contributed by atoms with Crippen molar-refractivity contribution in [2.45, 2.75) is 0 Å². The van der Waals surface area contributed by atoms with Crippen LogP contribution in [0.25, 0.3) is 0 Å². The number of fused-ring (bicyclic) bond motifs is 1. The van der Waals surface area contributed by atoms with Gasteiger partial charge in [-0.25, -0.2) is 14.1 Å². The molecule has 2 aliphatic heterocycles. The SMILES string of the molecule is CN1CCN(CCS(=O)(=O)OCNc2ccc3c(c2)C(=O)N(CC([O])=O)C3=O)CC1. The highest BCUT2D eigenvalue weighted by Gasteiger charge is 2.37. The first-order valence-corrected chi connectivity index (χ1v) is 11.0. The van der Waals surface area contributed by atoms with Gasteiger partial charge in [-0.15, -0.1) is 0 Å². The molecule has 30 heavy (non-hydrogen) atoms. The predicted molar refractivity (Wildman–Crippen MR) is 105 cm³/mol. The van der Waals surface area contributed by atoms with Crippen LogP contribution in [0.2, 0.25) is 0 Å². The summed E-state index contributed by atoms with van der Waals surface area (Å²) in [5.41, 5.74) is 0.469. The van der Waals surface area contributed by atoms with Crippen molar-refractivity contribution < 1.29 is 32.1 Å². The van der Waals surface area contributed by atoms with E-state index in [9.17, 15) is 27.9 Å². The first kappa shape index (κ1) is 22.2. The van der Waals surface area contributed by atoms with E-state index in [1.807, 2.05) is 7.05 Å². The Kier molecular flexibility index (Phi) is 6.71. The second kappa shape index (κ2) is 9.08. The number of carbonyl (C=O) groups excluding carboxylic acids is 3. The molecule has 0 spiro atoms. The second-order valence-electron chi connectivity index (χ2n) is 7.17. The Morgan fingerprint density at radius 2 is 1.77 bits per heavy atom. The maximum Gasteiger partial charge on any atom is 0.375 e. The first-order valence-electron chi connectivity index (χ1n) is 9.38. The number of carbonyl (C=O) groups is 3. The maximum absolute atomic E-state index is 12.2. The molecule has 1 aromatic carbocycles. The predicted octanol–water partition coefficient (Wildman–Crippen LogP) is -0.797. The zero-order valence-corrected chi connectivity index (χ0v) is 17.3. The van der Waals surface area contributed by atoms with E-state index in [0.717, 1.165) is 26.2 Å². The first-order chi connectivity index (χ1) is 14.2. The zero-order chi connectivity index (χ0) is 21.9. The highest BCUT2D eigenvalue weighted by atomic mass is 32.2. The van der Waals surface area contributed by atoms with Crippen LogP contribution in [0.15, 0.2) is 18.2 Å². The molecule has 1 fully saturated rings. The highest BCUT2D eigenvalue weighted by Crippen LogP contribution is 2.25. The van der Waals surface area contributed by atoms with Gasteiger partial charge in [-0.2, -0.15) is 8.42 Å². The normalized spacial score (nSPS) is 18.0. The number of hydrogen-bond donors (Lipinski definition) is 1. The number of anilines is 1. The summed E-state index contributed by atoms with van der Waals surface area (Å²) in [4.78, 5) is 39.9. The fourth-order valence-electron chi connectivity index (χ4n) is 3.25. The number of rotatable bonds is 9. The van der Waals surface area contributed by atoms with Gasteiger partial charge in [0.25, 0.3) is 21.9 Å². The van der Waals surface area contributed by atoms with Crippen LogP contribution < -0.4 is 5.32 Å². The molecule has 11 nitrogen and oxygen atoms in total. The van der Waals surface area contributed by atoms with Crippen molar-refractivity contribution in [1.29, 1.82) is 0 Å². The van der Waals surface area contributed by atoms with Crippen LogP contribution in [-0.2, 0) is 24.2 Å². The molecule has 1 aromatic rings. The van der Waals surface area contributed by atoms with E-state index in [2.05, 4.69) is 15.1 Å². The summed E-state index contributed by atoms with van der Waals surface area (Å²) >= 11 is 0. The number of nitrogens with one attached hydrogen (secondary N) is 1. The van der Waals surface area contributed by atoms with Gasteiger partial charge in [-0.05, 0) is 25.2 Å². The van der Waals surface area contributed by atoms with E-state index in [-0.39, 0.29) is 23.6 Å². The van der Waals surface area contributed by atoms with E-state index in [1.165, 1.54) is 18.2 Å². The molecule has 0 aromatic heterocycles. The van der Waals surface area contributed by atoms with Crippen molar-refractivity contribution in [1.82, 2.24) is 14.7 Å². The third-order valence-corrected chi connectivity index (χ3v) is 6.19. The van der Waals surface area contributed by atoms with Crippen molar-refractivity contribution >= 4 is 33.6 Å². The molecule has 163 valence electrons. The number of piperazine rings is 1. The van der Waals surface area contributed by atoms with Crippen molar-refractivity contribution in [3.63, 3.8) is 0 Å². The summed E-state index contributed by atoms with van der Waals surface area (Å²) in [6.07, 6.45) is 0. The van der Waals surface area contributed by atoms with Gasteiger partial charge >= 0.3 is 5.97 Å². The molecular weight excluding hydrogens is 416 g/mol. The number of benzene rings is 1. The summed E-state index contributed by atoms with van der Waals surface area (Å²) in [5, 5.41) is 13.5. The van der Waals surface area contributed by atoms with Crippen LogP contribution in [0, 0.1) is 0 Å². The lowest BCUT2D eigenvalue weighted by Crippen LogP contribution is -2.46. The average molecular weight is 439 g/mol. The number of amides is 2. The molecule has 3 rings (SSSR count). The maximum atomic E-state index is 12.2. The van der Waals surface area contributed by atoms with Crippen LogP contribution in [0.1, 0.15) is 20.7 Å². The van der Waals surface area contributed by atoms with Crippen molar-refractivity contribution in [3.05, 3.63) is 29.3 Å². The summed E-state index contributed by atoms with van der Waals surface area (Å²) in [5.74, 6) is -3.14. The molecule has 0 saturated carbocycles. The molecule has 2 aliphatic rings. The van der Waals surface area contributed by atoms with Crippen LogP contribution >= 0.6 is 0 Å². The molecule has 0 aliphatic carbocycles. The largest absolute Gasteiger partial charge is 0.375 e. The minimum absolute atomic E-state index is 0.0316. The molecule has 0 bridgehead atoms. The Morgan fingerprint density at radius 1 is 1.10 bits per heavy atom. The Bertz CT molecular complexity index is 942. The van der Waals surface area contributed by atoms with E-state index in [1.54, 1.807) is 0 Å². The van der Waals surface area contributed by atoms with E-state index < -0.39 is 34.4 Å². The molecule has 2 amide bonds. The van der Waals surface area contributed by atoms with Gasteiger partial charge in [-0.1, -0.05) is 0 Å². The number of hydrogen-bond acceptors (Lipinski definition) is 9. The van der Waals surface area contributed by atoms with Gasteiger partial charge in [0, 0.05) is 38.4 Å². The Morgan fingerprint density at radius 3 is 2.43 bits per heavy atom. The fourth-order valence-corrected chi connectivity index (χ4v) is 4.09. The lowest BCUT2D eigenvalue weighted by atomic mass is 10.1. The summed E-state index contributed by atoms with van der Waals surface area (Å²) in [6.45, 7) is 2.62. The monoisotopic (exact) mass is 439 g/mol. The Balaban J connectivity index is 1.51. The van der Waals surface area contributed by atoms with Crippen molar-refractivity contribution in [2.75, 3.05) is 64.1 Å². The molecule has 2 heterocycles. The molecule has 1 saturated heterocycles. The number of imide groups is 1. The van der Waals surface area contributed by atoms with Gasteiger partial charge in [0.2, 0.25) is 0 Å². The number of likely N-dealkylation sites (N-methyl/N-ethyl adjacent to an activating group) is 1. The topological polar surface area (TPSA) is 136 Å². The van der Waals surface area contributed by atoms with Crippen LogP contribution in [0.3, 0.4) is 0 Å². The third-order valence-electron chi connectivity index (χ3n) is 5.03. The van der Waals surface area contributed by atoms with Gasteiger partial charge in [0.1, 0.15) is 13.3 Å². The second-order valence-corrected chi connectivity index (χ2v) is 8.93. The quantitative estimate of drug-likeness (QED) is 0.298. The molecule has 1 N–H and O–H groups in total. The van der Waals surface area contributed by atoms with Crippen molar-refractivity contribution in [2.24, 2.45) is 0 Å². The average Bonchev–Trinajstić information content (AvgIpc) is 2.92. The van der Waals surface area contributed by atoms with Gasteiger partial charge < -0.3 is 10.2 Å². The van der Waals surface area contributed by atoms with E-state index in [4.69, 9.17) is 4.18 Å². The smallest absolute Gasteiger partial charge is 0.362 e. The van der Waals surface area contributed by atoms with Gasteiger partial charge in [0.05, 0.1) is 16.9 Å². The summed E-state index contributed by atoms with van der Waals surface area (Å²) < 4.78 is 29.1. The summed E-state index contributed by atoms with van der Waals surface area (Å²) in [7, 11) is -1.72. The number of nitrogens with zero attached hydrogens (tertiary/aromatic N) is 3. The lowest BCUT2D eigenvalue weighted by molar-refractivity contribution is -0.143. The lowest BCUT2D eigenvalue weighted by Gasteiger charge is -2.32. The Labute approximate surface area is 174 Å². The molecule has 1 radical (unpaired) electrons. The zero-order valence-electron chi connectivity index (χ0n) is 16.5. The molecule has 0 unspecified atom stereocenters. The van der Waals surface area contributed by atoms with E-state index >= 15 is 0 Å².